The molecule has 136 valence electrons. The first kappa shape index (κ1) is 17.8. The van der Waals surface area contributed by atoms with Gasteiger partial charge in [0, 0.05) is 30.5 Å². The van der Waals surface area contributed by atoms with Gasteiger partial charge in [-0.05, 0) is 30.5 Å². The minimum atomic E-state index is -4.35. The quantitative estimate of drug-likeness (QED) is 0.871. The molecule has 1 aliphatic heterocycles. The summed E-state index contributed by atoms with van der Waals surface area (Å²) in [7, 11) is 0. The van der Waals surface area contributed by atoms with E-state index in [0.29, 0.717) is 31.5 Å². The molecule has 2 N–H and O–H groups in total. The Hall–Kier alpha value is -2.05. The van der Waals surface area contributed by atoms with Gasteiger partial charge < -0.3 is 10.6 Å². The number of hydrogen-bond acceptors (Lipinski definition) is 2. The standard InChI is InChI=1S/C18H21F3N2O2/c19-18(20,21)15-7-2-1-6-14(15)17(25)23-13-5-3-4-11(8-13)12-9-16(24)22-10-12/h3-5,8,12,14-15H,1-2,6-7,9-10H2,(H,22,24)(H,23,25)/t12?,14-,15+/m0/s1. The number of carbonyl (C=O) groups excluding carboxylic acids is 2. The summed E-state index contributed by atoms with van der Waals surface area (Å²) in [6.07, 6.45) is -2.54. The van der Waals surface area contributed by atoms with Gasteiger partial charge in [0.25, 0.3) is 0 Å². The monoisotopic (exact) mass is 354 g/mol. The van der Waals surface area contributed by atoms with Crippen LogP contribution in [0.15, 0.2) is 24.3 Å². The Kier molecular flexibility index (Phi) is 5.01. The molecule has 1 saturated carbocycles. The summed E-state index contributed by atoms with van der Waals surface area (Å²) in [5, 5.41) is 5.40. The Morgan fingerprint density at radius 2 is 1.96 bits per heavy atom. The molecule has 1 saturated heterocycles. The van der Waals surface area contributed by atoms with Crippen molar-refractivity contribution in [3.05, 3.63) is 29.8 Å². The predicted molar refractivity (Wildman–Crippen MR) is 86.9 cm³/mol. The molecule has 3 atom stereocenters. The molecule has 0 aromatic heterocycles. The largest absolute Gasteiger partial charge is 0.392 e. The molecular weight excluding hydrogens is 333 g/mol. The molecule has 0 radical (unpaired) electrons. The van der Waals surface area contributed by atoms with Gasteiger partial charge in [-0.2, -0.15) is 13.2 Å². The van der Waals surface area contributed by atoms with Gasteiger partial charge in [0.2, 0.25) is 11.8 Å². The SMILES string of the molecule is O=C1CC(c2cccc(NC(=O)[C@H]3CCCC[C@H]3C(F)(F)F)c2)CN1. The first-order valence-corrected chi connectivity index (χ1v) is 8.59. The van der Waals surface area contributed by atoms with Gasteiger partial charge in [0.05, 0.1) is 5.92 Å². The van der Waals surface area contributed by atoms with E-state index in [2.05, 4.69) is 10.6 Å². The van der Waals surface area contributed by atoms with Crippen molar-refractivity contribution in [1.82, 2.24) is 5.32 Å². The fourth-order valence-electron chi connectivity index (χ4n) is 3.78. The maximum atomic E-state index is 13.2. The van der Waals surface area contributed by atoms with Crippen LogP contribution in [0, 0.1) is 11.8 Å². The van der Waals surface area contributed by atoms with Crippen LogP contribution in [-0.2, 0) is 9.59 Å². The number of rotatable bonds is 3. The van der Waals surface area contributed by atoms with E-state index in [1.165, 1.54) is 0 Å². The highest BCUT2D eigenvalue weighted by atomic mass is 19.4. The Morgan fingerprint density at radius 3 is 2.64 bits per heavy atom. The lowest BCUT2D eigenvalue weighted by Gasteiger charge is -2.32. The number of halogens is 3. The number of nitrogens with one attached hydrogen (secondary N) is 2. The summed E-state index contributed by atoms with van der Waals surface area (Å²) in [4.78, 5) is 23.8. The first-order chi connectivity index (χ1) is 11.8. The topological polar surface area (TPSA) is 58.2 Å². The summed E-state index contributed by atoms with van der Waals surface area (Å²) in [5.74, 6) is -3.16. The third-order valence-corrected chi connectivity index (χ3v) is 5.13. The second kappa shape index (κ2) is 7.06. The van der Waals surface area contributed by atoms with Crippen molar-refractivity contribution in [2.45, 2.75) is 44.2 Å². The van der Waals surface area contributed by atoms with Crippen LogP contribution >= 0.6 is 0 Å². The minimum Gasteiger partial charge on any atom is -0.355 e. The average molecular weight is 354 g/mol. The van der Waals surface area contributed by atoms with E-state index < -0.39 is 23.9 Å². The van der Waals surface area contributed by atoms with E-state index in [1.807, 2.05) is 6.07 Å². The molecule has 2 aliphatic rings. The van der Waals surface area contributed by atoms with E-state index in [1.54, 1.807) is 18.2 Å². The zero-order valence-electron chi connectivity index (χ0n) is 13.7. The highest BCUT2D eigenvalue weighted by Gasteiger charge is 2.48. The molecule has 0 bridgehead atoms. The zero-order valence-corrected chi connectivity index (χ0v) is 13.7. The van der Waals surface area contributed by atoms with Crippen LogP contribution < -0.4 is 10.6 Å². The van der Waals surface area contributed by atoms with Crippen LogP contribution in [0.25, 0.3) is 0 Å². The lowest BCUT2D eigenvalue weighted by Crippen LogP contribution is -2.39. The van der Waals surface area contributed by atoms with E-state index in [0.717, 1.165) is 5.56 Å². The van der Waals surface area contributed by atoms with Gasteiger partial charge in [-0.25, -0.2) is 0 Å². The Bertz CT molecular complexity index is 660. The Balaban J connectivity index is 1.71. The van der Waals surface area contributed by atoms with Gasteiger partial charge in [-0.15, -0.1) is 0 Å². The van der Waals surface area contributed by atoms with E-state index in [4.69, 9.17) is 0 Å². The van der Waals surface area contributed by atoms with Gasteiger partial charge in [-0.1, -0.05) is 25.0 Å². The van der Waals surface area contributed by atoms with Crippen molar-refractivity contribution in [3.63, 3.8) is 0 Å². The fraction of sp³-hybridized carbons (Fsp3) is 0.556. The number of anilines is 1. The first-order valence-electron chi connectivity index (χ1n) is 8.59. The lowest BCUT2D eigenvalue weighted by molar-refractivity contribution is -0.197. The zero-order chi connectivity index (χ0) is 18.0. The highest BCUT2D eigenvalue weighted by molar-refractivity contribution is 5.93. The van der Waals surface area contributed by atoms with Gasteiger partial charge in [-0.3, -0.25) is 9.59 Å². The molecule has 1 aliphatic carbocycles. The van der Waals surface area contributed by atoms with Crippen LogP contribution in [0.2, 0.25) is 0 Å². The molecule has 7 heteroatoms. The Labute approximate surface area is 144 Å². The second-order valence-electron chi connectivity index (χ2n) is 6.86. The van der Waals surface area contributed by atoms with E-state index in [-0.39, 0.29) is 24.7 Å². The molecule has 2 amide bonds. The van der Waals surface area contributed by atoms with Crippen molar-refractivity contribution < 1.29 is 22.8 Å². The average Bonchev–Trinajstić information content (AvgIpc) is 3.01. The van der Waals surface area contributed by atoms with Gasteiger partial charge in [0.15, 0.2) is 0 Å². The molecule has 3 rings (SSSR count). The minimum absolute atomic E-state index is 0.0114. The number of benzene rings is 1. The van der Waals surface area contributed by atoms with Crippen molar-refractivity contribution in [2.24, 2.45) is 11.8 Å². The van der Waals surface area contributed by atoms with Crippen molar-refractivity contribution >= 4 is 17.5 Å². The van der Waals surface area contributed by atoms with Crippen LogP contribution in [0.5, 0.6) is 0 Å². The van der Waals surface area contributed by atoms with Gasteiger partial charge in [0.1, 0.15) is 0 Å². The molecule has 1 unspecified atom stereocenters. The molecule has 2 fully saturated rings. The number of alkyl halides is 3. The third-order valence-electron chi connectivity index (χ3n) is 5.13. The van der Waals surface area contributed by atoms with Crippen LogP contribution in [0.4, 0.5) is 18.9 Å². The normalized spacial score (nSPS) is 27.0. The fourth-order valence-corrected chi connectivity index (χ4v) is 3.78. The van der Waals surface area contributed by atoms with Crippen LogP contribution in [-0.4, -0.2) is 24.5 Å². The van der Waals surface area contributed by atoms with Crippen molar-refractivity contribution in [3.8, 4) is 0 Å². The molecule has 25 heavy (non-hydrogen) atoms. The van der Waals surface area contributed by atoms with Crippen LogP contribution in [0.3, 0.4) is 0 Å². The summed E-state index contributed by atoms with van der Waals surface area (Å²) < 4.78 is 39.5. The number of amides is 2. The molecule has 1 aromatic rings. The maximum absolute atomic E-state index is 13.2. The molecule has 1 aromatic carbocycles. The van der Waals surface area contributed by atoms with Crippen LogP contribution in [0.1, 0.15) is 43.6 Å². The predicted octanol–water partition coefficient (Wildman–Crippen LogP) is 3.60. The number of hydrogen-bond donors (Lipinski definition) is 2. The van der Waals surface area contributed by atoms with Gasteiger partial charge >= 0.3 is 6.18 Å². The van der Waals surface area contributed by atoms with E-state index >= 15 is 0 Å². The summed E-state index contributed by atoms with van der Waals surface area (Å²) in [6, 6.07) is 7.01. The molecule has 4 nitrogen and oxygen atoms in total. The number of carbonyl (C=O) groups is 2. The van der Waals surface area contributed by atoms with E-state index in [9.17, 15) is 22.8 Å². The summed E-state index contributed by atoms with van der Waals surface area (Å²) in [5.41, 5.74) is 1.38. The second-order valence-corrected chi connectivity index (χ2v) is 6.86. The lowest BCUT2D eigenvalue weighted by atomic mass is 9.78. The molecule has 0 spiro atoms. The van der Waals surface area contributed by atoms with Crippen molar-refractivity contribution in [1.29, 1.82) is 0 Å². The Morgan fingerprint density at radius 1 is 1.20 bits per heavy atom. The highest BCUT2D eigenvalue weighted by Crippen LogP contribution is 2.42. The maximum Gasteiger partial charge on any atom is 0.392 e. The third kappa shape index (κ3) is 4.14. The molecular formula is C18H21F3N2O2. The summed E-state index contributed by atoms with van der Waals surface area (Å²) >= 11 is 0. The summed E-state index contributed by atoms with van der Waals surface area (Å²) in [6.45, 7) is 0.537. The molecule has 1 heterocycles. The van der Waals surface area contributed by atoms with Crippen molar-refractivity contribution in [2.75, 3.05) is 11.9 Å². The smallest absolute Gasteiger partial charge is 0.355 e.